The van der Waals surface area contributed by atoms with Gasteiger partial charge in [-0.3, -0.25) is 19.9 Å². The quantitative estimate of drug-likeness (QED) is 0.0626. The zero-order chi connectivity index (χ0) is 27.0. The fourth-order valence-electron chi connectivity index (χ4n) is 3.07. The van der Waals surface area contributed by atoms with E-state index in [-0.39, 0.29) is 34.7 Å². The first-order chi connectivity index (χ1) is 18.6. The molecule has 10 nitrogen and oxygen atoms in total. The minimum absolute atomic E-state index is 0. The molecule has 0 amide bonds. The van der Waals surface area contributed by atoms with E-state index in [1.54, 1.807) is 38.9 Å². The van der Waals surface area contributed by atoms with Crippen molar-refractivity contribution in [2.75, 3.05) is 14.1 Å². The molecular formula is C26H28FeN10S2. The second kappa shape index (κ2) is 18.2. The summed E-state index contributed by atoms with van der Waals surface area (Å²) in [6, 6.07) is 22.1. The van der Waals surface area contributed by atoms with Crippen molar-refractivity contribution in [1.29, 1.82) is 0 Å². The van der Waals surface area contributed by atoms with Crippen molar-refractivity contribution < 1.29 is 17.1 Å². The number of nitrogens with one attached hydrogen (secondary N) is 3. The Kier molecular flexibility index (Phi) is 14.9. The molecule has 0 saturated carbocycles. The van der Waals surface area contributed by atoms with Crippen LogP contribution in [-0.4, -0.2) is 44.7 Å². The van der Waals surface area contributed by atoms with Crippen LogP contribution in [0.2, 0.25) is 0 Å². The Hall–Kier alpha value is -3.16. The minimum atomic E-state index is -0.353. The van der Waals surface area contributed by atoms with Gasteiger partial charge in [-0.15, -0.1) is 0 Å². The second-order valence-electron chi connectivity index (χ2n) is 7.52. The van der Waals surface area contributed by atoms with Gasteiger partial charge in [0.25, 0.3) is 0 Å². The third-order valence-corrected chi connectivity index (χ3v) is 5.56. The van der Waals surface area contributed by atoms with Crippen LogP contribution in [-0.2, 0) is 42.3 Å². The average molecular weight is 601 g/mol. The summed E-state index contributed by atoms with van der Waals surface area (Å²) < 4.78 is 0. The molecule has 4 heterocycles. The zero-order valence-electron chi connectivity index (χ0n) is 21.3. The summed E-state index contributed by atoms with van der Waals surface area (Å²) in [5.74, 6) is 0. The second-order valence-corrected chi connectivity index (χ2v) is 8.38. The Morgan fingerprint density at radius 1 is 0.718 bits per heavy atom. The molecule has 4 rings (SSSR count). The third kappa shape index (κ3) is 10.9. The Bertz CT molecular complexity index is 1130. The van der Waals surface area contributed by atoms with Crippen LogP contribution in [0.3, 0.4) is 0 Å². The van der Waals surface area contributed by atoms with Gasteiger partial charge in [0.2, 0.25) is 0 Å². The maximum Gasteiger partial charge on any atom is 4.00 e. The molecule has 0 radical (unpaired) electrons. The van der Waals surface area contributed by atoms with Gasteiger partial charge >= 0.3 is 17.1 Å². The van der Waals surface area contributed by atoms with E-state index in [0.29, 0.717) is 5.17 Å². The van der Waals surface area contributed by atoms with Crippen molar-refractivity contribution in [3.63, 3.8) is 0 Å². The zero-order valence-corrected chi connectivity index (χ0v) is 24.0. The molecular weight excluding hydrogens is 572 g/mol. The molecule has 0 aromatic carbocycles. The van der Waals surface area contributed by atoms with Crippen molar-refractivity contribution in [1.82, 2.24) is 36.0 Å². The van der Waals surface area contributed by atoms with Gasteiger partial charge in [-0.25, -0.2) is 0 Å². The van der Waals surface area contributed by atoms with E-state index in [2.05, 4.69) is 51.9 Å². The summed E-state index contributed by atoms with van der Waals surface area (Å²) in [5, 5.41) is 9.94. The molecule has 202 valence electrons. The first-order valence-corrected chi connectivity index (χ1v) is 12.5. The predicted molar refractivity (Wildman–Crippen MR) is 155 cm³/mol. The van der Waals surface area contributed by atoms with Gasteiger partial charge in [0.1, 0.15) is 0 Å². The molecule has 4 aromatic rings. The van der Waals surface area contributed by atoms with Crippen LogP contribution in [0.25, 0.3) is 10.9 Å². The van der Waals surface area contributed by atoms with Crippen molar-refractivity contribution in [3.8, 4) is 0 Å². The van der Waals surface area contributed by atoms with Crippen LogP contribution >= 0.6 is 0 Å². The normalized spacial score (nSPS) is 11.7. The van der Waals surface area contributed by atoms with E-state index >= 15 is 0 Å². The topological polar surface area (TPSA) is 128 Å². The average Bonchev–Trinajstić information content (AvgIpc) is 2.99. The largest absolute Gasteiger partial charge is 4.00 e. The van der Waals surface area contributed by atoms with Crippen LogP contribution in [0.15, 0.2) is 103 Å². The fourth-order valence-corrected chi connectivity index (χ4v) is 3.18. The number of nitrogens with zero attached hydrogens (tertiary/aromatic N) is 7. The summed E-state index contributed by atoms with van der Waals surface area (Å²) in [7, 11) is 3.48. The third-order valence-electron chi connectivity index (χ3n) is 4.93. The number of aromatic nitrogens is 4. The van der Waals surface area contributed by atoms with Gasteiger partial charge < -0.3 is 57.3 Å². The minimum Gasteiger partial charge on any atom is -0.760 e. The van der Waals surface area contributed by atoms with Gasteiger partial charge in [0.15, 0.2) is 0 Å². The van der Waals surface area contributed by atoms with E-state index < -0.39 is 0 Å². The summed E-state index contributed by atoms with van der Waals surface area (Å²) in [4.78, 5) is 17.3. The molecule has 1 atom stereocenters. The maximum absolute atomic E-state index is 5.10. The van der Waals surface area contributed by atoms with Crippen molar-refractivity contribution >= 4 is 30.4 Å². The maximum atomic E-state index is 5.10. The molecule has 0 bridgehead atoms. The van der Waals surface area contributed by atoms with Gasteiger partial charge in [-0.05, 0) is 72.8 Å². The predicted octanol–water partition coefficient (Wildman–Crippen LogP) is 3.47. The molecule has 0 aliphatic heterocycles. The molecule has 39 heavy (non-hydrogen) atoms. The first-order valence-electron chi connectivity index (χ1n) is 11.7. The molecule has 0 saturated heterocycles. The van der Waals surface area contributed by atoms with Crippen LogP contribution in [0, 0.1) is 0 Å². The standard InChI is InChI=1S/C13H16N5S.C13H14N5S.Fe/c2*1-14-13(19)18-17-12(10-6-2-4-8-15-10)11-7-3-5-9-16-11;/h2-9,12-14,18-19H,1H3;2-9,12H,1H3,(H2,14,18,19);/q2*-1;+4/p-2. The monoisotopic (exact) mass is 600 g/mol. The van der Waals surface area contributed by atoms with Crippen LogP contribution < -0.4 is 16.1 Å². The van der Waals surface area contributed by atoms with Crippen LogP contribution in [0.4, 0.5) is 0 Å². The van der Waals surface area contributed by atoms with E-state index in [9.17, 15) is 0 Å². The molecule has 0 aliphatic rings. The van der Waals surface area contributed by atoms with Crippen LogP contribution in [0.1, 0.15) is 34.9 Å². The number of amidine groups is 1. The van der Waals surface area contributed by atoms with Gasteiger partial charge in [0, 0.05) is 54.6 Å². The van der Waals surface area contributed by atoms with Gasteiger partial charge in [-0.2, -0.15) is 0 Å². The van der Waals surface area contributed by atoms with Gasteiger partial charge in [-0.1, -0.05) is 29.8 Å². The molecule has 3 N–H and O–H groups in total. The summed E-state index contributed by atoms with van der Waals surface area (Å²) in [5.41, 5.74) is 14.4. The summed E-state index contributed by atoms with van der Waals surface area (Å²) >= 11 is 10.1. The summed E-state index contributed by atoms with van der Waals surface area (Å²) in [6.45, 7) is 0. The Balaban J connectivity index is 0.000000267. The molecule has 0 aliphatic carbocycles. The fraction of sp³-hybridized carbons (Fsp3) is 0.192. The van der Waals surface area contributed by atoms with Crippen molar-refractivity contribution in [3.05, 3.63) is 131 Å². The Labute approximate surface area is 250 Å². The van der Waals surface area contributed by atoms with E-state index in [4.69, 9.17) is 25.3 Å². The van der Waals surface area contributed by atoms with Gasteiger partial charge in [0.05, 0.1) is 0 Å². The van der Waals surface area contributed by atoms with Crippen molar-refractivity contribution in [2.24, 2.45) is 5.10 Å². The first kappa shape index (κ1) is 32.1. The summed E-state index contributed by atoms with van der Waals surface area (Å²) in [6.07, 6.45) is 6.92. The Morgan fingerprint density at radius 3 is 1.46 bits per heavy atom. The number of hydrogen-bond donors (Lipinski definition) is 3. The number of hydrogen-bond acceptors (Lipinski definition) is 9. The van der Waals surface area contributed by atoms with Crippen LogP contribution in [0.5, 0.6) is 0 Å². The molecule has 4 aromatic heterocycles. The van der Waals surface area contributed by atoms with E-state index in [1.807, 2.05) is 72.8 Å². The van der Waals surface area contributed by atoms with E-state index in [0.717, 1.165) is 22.8 Å². The smallest absolute Gasteiger partial charge is 0.760 e. The molecule has 0 spiro atoms. The van der Waals surface area contributed by atoms with E-state index in [1.165, 1.54) is 0 Å². The number of pyridine rings is 4. The molecule has 0 fully saturated rings. The number of rotatable bonds is 10. The SMILES string of the molecule is CNC([S-])=N[N-]C(c1ccccn1)c1ccccn1.CNC([S-])N[N-]C(c1ccccn1)c1ccccn1.[Fe+4]. The van der Waals surface area contributed by atoms with Crippen molar-refractivity contribution in [2.45, 2.75) is 17.6 Å². The molecule has 1 unspecified atom stereocenters. The molecule has 13 heteroatoms. The Morgan fingerprint density at radius 2 is 1.13 bits per heavy atom.